The maximum Gasteiger partial charge on any atom is 0.264 e. The molecule has 0 saturated carbocycles. The molecule has 0 fully saturated rings. The molecule has 8 nitrogen and oxygen atoms in total. The summed E-state index contributed by atoms with van der Waals surface area (Å²) in [6.45, 7) is 10.6. The monoisotopic (exact) mass is 546 g/mol. The number of anilines is 1. The summed E-state index contributed by atoms with van der Waals surface area (Å²) in [5.41, 5.74) is 2.21. The fourth-order valence-corrected chi connectivity index (χ4v) is 5.53. The topological polar surface area (TPSA) is 114 Å². The van der Waals surface area contributed by atoms with Crippen molar-refractivity contribution in [2.45, 2.75) is 57.9 Å². The minimum atomic E-state index is -4.14. The Balaban J connectivity index is 1.73. The van der Waals surface area contributed by atoms with Gasteiger partial charge in [0, 0.05) is 28.9 Å². The third-order valence-electron chi connectivity index (χ3n) is 6.08. The second kappa shape index (κ2) is 10.9. The number of nitriles is 1. The van der Waals surface area contributed by atoms with E-state index in [9.17, 15) is 8.42 Å². The van der Waals surface area contributed by atoms with Gasteiger partial charge < -0.3 is 4.57 Å². The highest BCUT2D eigenvalue weighted by molar-refractivity contribution is 7.92. The molecule has 0 aliphatic carbocycles. The molecule has 39 heavy (non-hydrogen) atoms. The predicted molar refractivity (Wildman–Crippen MR) is 148 cm³/mol. The van der Waals surface area contributed by atoms with Gasteiger partial charge in [-0.2, -0.15) is 5.26 Å². The normalized spacial score (nSPS) is 11.9. The summed E-state index contributed by atoms with van der Waals surface area (Å²) < 4.78 is 46.6. The van der Waals surface area contributed by atoms with E-state index < -0.39 is 15.8 Å². The Kier molecular flexibility index (Phi) is 7.84. The van der Waals surface area contributed by atoms with E-state index in [4.69, 9.17) is 5.26 Å². The lowest BCUT2D eigenvalue weighted by atomic mass is 9.95. The number of hydrogen-bond acceptors (Lipinski definition) is 6. The number of aromatic nitrogens is 4. The average Bonchev–Trinajstić information content (AvgIpc) is 3.34. The number of imidazole rings is 1. The summed E-state index contributed by atoms with van der Waals surface area (Å²) in [7, 11) is -4.14. The number of hydrogen-bond donors (Lipinski definition) is 1. The van der Waals surface area contributed by atoms with Crippen molar-refractivity contribution in [3.63, 3.8) is 0 Å². The fourth-order valence-electron chi connectivity index (χ4n) is 4.36. The van der Waals surface area contributed by atoms with Gasteiger partial charge in [-0.1, -0.05) is 52.8 Å². The van der Waals surface area contributed by atoms with E-state index >= 15 is 4.39 Å². The molecule has 202 valence electrons. The second-order valence-corrected chi connectivity index (χ2v) is 12.5. The molecule has 0 aliphatic rings. The van der Waals surface area contributed by atoms with Crippen molar-refractivity contribution in [2.24, 2.45) is 5.92 Å². The molecule has 1 N–H and O–H groups in total. The van der Waals surface area contributed by atoms with Crippen LogP contribution in [0.3, 0.4) is 0 Å². The van der Waals surface area contributed by atoms with Crippen molar-refractivity contribution in [3.8, 4) is 17.2 Å². The summed E-state index contributed by atoms with van der Waals surface area (Å²) in [5.74, 6) is 0.582. The summed E-state index contributed by atoms with van der Waals surface area (Å²) in [5, 5.41) is 8.95. The number of nitrogens with zero attached hydrogens (tertiary/aromatic N) is 5. The number of nitrogens with one attached hydrogen (secondary N) is 1. The summed E-state index contributed by atoms with van der Waals surface area (Å²) in [6, 6.07) is 11.7. The molecule has 0 atom stereocenters. The number of sulfonamides is 1. The van der Waals surface area contributed by atoms with Crippen LogP contribution in [0.25, 0.3) is 11.1 Å². The van der Waals surface area contributed by atoms with Crippen molar-refractivity contribution in [2.75, 3.05) is 4.72 Å². The van der Waals surface area contributed by atoms with Gasteiger partial charge in [-0.15, -0.1) is 0 Å². The predicted octanol–water partition coefficient (Wildman–Crippen LogP) is 5.70. The zero-order valence-electron chi connectivity index (χ0n) is 22.6. The highest BCUT2D eigenvalue weighted by Gasteiger charge is 2.23. The molecule has 4 aromatic rings. The maximum atomic E-state index is 15.5. The second-order valence-electron chi connectivity index (χ2n) is 10.9. The molecule has 0 amide bonds. The maximum absolute atomic E-state index is 15.5. The first-order valence-electron chi connectivity index (χ1n) is 12.6. The molecule has 10 heteroatoms. The van der Waals surface area contributed by atoms with Crippen LogP contribution in [0.5, 0.6) is 0 Å². The number of halogens is 1. The highest BCUT2D eigenvalue weighted by Crippen LogP contribution is 2.32. The highest BCUT2D eigenvalue weighted by atomic mass is 32.2. The summed E-state index contributed by atoms with van der Waals surface area (Å²) in [4.78, 5) is 12.2. The van der Waals surface area contributed by atoms with Crippen LogP contribution in [0, 0.1) is 23.1 Å². The largest absolute Gasteiger partial charge is 0.330 e. The van der Waals surface area contributed by atoms with Crippen LogP contribution in [0.15, 0.2) is 66.1 Å². The molecule has 0 saturated heterocycles. The van der Waals surface area contributed by atoms with Crippen LogP contribution in [0.2, 0.25) is 0 Å². The third kappa shape index (κ3) is 6.49. The fraction of sp³-hybridized carbons (Fsp3) is 0.310. The Bertz CT molecular complexity index is 1630. The van der Waals surface area contributed by atoms with Crippen molar-refractivity contribution in [1.29, 1.82) is 5.26 Å². The first-order chi connectivity index (χ1) is 18.4. The average molecular weight is 547 g/mol. The lowest BCUT2D eigenvalue weighted by Crippen LogP contribution is -2.19. The van der Waals surface area contributed by atoms with Crippen LogP contribution in [0.4, 0.5) is 10.3 Å². The zero-order valence-corrected chi connectivity index (χ0v) is 23.4. The van der Waals surface area contributed by atoms with Crippen molar-refractivity contribution < 1.29 is 12.8 Å². The van der Waals surface area contributed by atoms with Crippen LogP contribution in [-0.4, -0.2) is 27.9 Å². The lowest BCUT2D eigenvalue weighted by molar-refractivity contribution is 0.505. The van der Waals surface area contributed by atoms with Crippen molar-refractivity contribution in [1.82, 2.24) is 19.5 Å². The molecule has 0 bridgehead atoms. The van der Waals surface area contributed by atoms with Gasteiger partial charge in [0.2, 0.25) is 5.95 Å². The van der Waals surface area contributed by atoms with Gasteiger partial charge >= 0.3 is 0 Å². The first-order valence-corrected chi connectivity index (χ1v) is 14.0. The SMILES string of the molecule is CC(C)Cc1ccc(S(=O)(=O)Nc2ncc(C#N)cn2)c(-c2ccc(Cn3ccnc3C(C)(C)C)c(F)c2)c1. The van der Waals surface area contributed by atoms with Crippen molar-refractivity contribution in [3.05, 3.63) is 89.5 Å². The Morgan fingerprint density at radius 2 is 1.79 bits per heavy atom. The van der Waals surface area contributed by atoms with E-state index in [0.717, 1.165) is 17.8 Å². The zero-order chi connectivity index (χ0) is 28.4. The molecule has 0 radical (unpaired) electrons. The Labute approximate surface area is 228 Å². The molecule has 2 heterocycles. The van der Waals surface area contributed by atoms with E-state index in [2.05, 4.69) is 33.5 Å². The molecule has 0 spiro atoms. The molecular weight excluding hydrogens is 515 g/mol. The molecule has 4 rings (SSSR count). The summed E-state index contributed by atoms with van der Waals surface area (Å²) in [6.07, 6.45) is 6.73. The van der Waals surface area contributed by atoms with Gasteiger partial charge in [0.05, 0.1) is 29.4 Å². The van der Waals surface area contributed by atoms with Crippen LogP contribution < -0.4 is 4.72 Å². The minimum Gasteiger partial charge on any atom is -0.330 e. The number of benzene rings is 2. The van der Waals surface area contributed by atoms with E-state index in [-0.39, 0.29) is 21.8 Å². The van der Waals surface area contributed by atoms with E-state index in [0.29, 0.717) is 29.2 Å². The third-order valence-corrected chi connectivity index (χ3v) is 7.46. The molecule has 2 aromatic heterocycles. The minimum absolute atomic E-state index is 0.0280. The van der Waals surface area contributed by atoms with Crippen molar-refractivity contribution >= 4 is 16.0 Å². The summed E-state index contributed by atoms with van der Waals surface area (Å²) >= 11 is 0. The molecule has 2 aromatic carbocycles. The van der Waals surface area contributed by atoms with Crippen LogP contribution in [0.1, 0.15) is 57.1 Å². The lowest BCUT2D eigenvalue weighted by Gasteiger charge is -2.20. The standard InChI is InChI=1S/C29H31FN6O2S/c1-19(2)12-20-6-9-26(39(37,38)35-28-33-16-21(15-31)17-34-28)24(13-20)22-7-8-23(25(30)14-22)18-36-11-10-32-27(36)29(3,4)5/h6-11,13-14,16-17,19H,12,18H2,1-5H3,(H,33,34,35). The quantitative estimate of drug-likeness (QED) is 0.303. The van der Waals surface area contributed by atoms with Gasteiger partial charge in [-0.05, 0) is 41.7 Å². The molecule has 0 unspecified atom stereocenters. The Morgan fingerprint density at radius 1 is 1.08 bits per heavy atom. The van der Waals surface area contributed by atoms with Gasteiger partial charge in [-0.3, -0.25) is 0 Å². The van der Waals surface area contributed by atoms with Crippen LogP contribution >= 0.6 is 0 Å². The number of rotatable bonds is 8. The van der Waals surface area contributed by atoms with Gasteiger partial charge in [-0.25, -0.2) is 32.5 Å². The van der Waals surface area contributed by atoms with Gasteiger partial charge in [0.15, 0.2) is 0 Å². The molecule has 0 aliphatic heterocycles. The van der Waals surface area contributed by atoms with Crippen LogP contribution in [-0.2, 0) is 28.4 Å². The molecular formula is C29H31FN6O2S. The Morgan fingerprint density at radius 3 is 2.41 bits per heavy atom. The smallest absolute Gasteiger partial charge is 0.264 e. The van der Waals surface area contributed by atoms with Gasteiger partial charge in [0.1, 0.15) is 17.7 Å². The van der Waals surface area contributed by atoms with E-state index in [1.54, 1.807) is 30.5 Å². The van der Waals surface area contributed by atoms with E-state index in [1.807, 2.05) is 37.6 Å². The Hall–Kier alpha value is -4.10. The first kappa shape index (κ1) is 27.9. The van der Waals surface area contributed by atoms with E-state index in [1.165, 1.54) is 24.5 Å². The van der Waals surface area contributed by atoms with Gasteiger partial charge in [0.25, 0.3) is 10.0 Å².